The number of methoxy groups -OCH3 is 1. The van der Waals surface area contributed by atoms with Crippen molar-refractivity contribution in [2.24, 2.45) is 0 Å². The summed E-state index contributed by atoms with van der Waals surface area (Å²) in [7, 11) is 1.17. The standard InChI is InChI=1S/C21H17F3N4O4/c1-3-17(30)27-14-6-4-5-13(22)20(14)28-21-25-8-11(9-26-21)32-10-12-18(23)15(29)7-16(31-2)19(12)24/h3-9,29H,1,10H2,2H3,(H,27,30)(H,25,26,28). The molecule has 3 rings (SSSR count). The van der Waals surface area contributed by atoms with Gasteiger partial charge in [0.2, 0.25) is 11.9 Å². The number of carbonyl (C=O) groups is 1. The van der Waals surface area contributed by atoms with Gasteiger partial charge in [0.1, 0.15) is 18.1 Å². The van der Waals surface area contributed by atoms with Crippen molar-refractivity contribution in [1.29, 1.82) is 0 Å². The third-order valence-electron chi connectivity index (χ3n) is 4.16. The van der Waals surface area contributed by atoms with Crippen LogP contribution in [0.15, 0.2) is 49.3 Å². The molecule has 1 amide bonds. The Balaban J connectivity index is 1.74. The Kier molecular flexibility index (Phi) is 6.78. The molecule has 0 radical (unpaired) electrons. The van der Waals surface area contributed by atoms with Crippen molar-refractivity contribution < 1.29 is 32.5 Å². The maximum atomic E-state index is 14.2. The predicted molar refractivity (Wildman–Crippen MR) is 109 cm³/mol. The van der Waals surface area contributed by atoms with Crippen molar-refractivity contribution in [2.45, 2.75) is 6.61 Å². The number of phenols is 1. The molecule has 0 spiro atoms. The SMILES string of the molecule is C=CC(=O)Nc1cccc(F)c1Nc1ncc(OCc2c(F)c(O)cc(OC)c2F)cn1. The Morgan fingerprint density at radius 3 is 2.59 bits per heavy atom. The smallest absolute Gasteiger partial charge is 0.247 e. The van der Waals surface area contributed by atoms with Crippen LogP contribution in [0.1, 0.15) is 5.56 Å². The fourth-order valence-corrected chi connectivity index (χ4v) is 2.59. The monoisotopic (exact) mass is 446 g/mol. The van der Waals surface area contributed by atoms with Crippen molar-refractivity contribution >= 4 is 23.2 Å². The molecule has 3 N–H and O–H groups in total. The molecule has 0 aliphatic carbocycles. The first-order valence-corrected chi connectivity index (χ1v) is 9.01. The molecule has 1 heterocycles. The molecule has 0 atom stereocenters. The number of benzene rings is 2. The average molecular weight is 446 g/mol. The van der Waals surface area contributed by atoms with Gasteiger partial charge in [0.05, 0.1) is 30.8 Å². The first-order valence-electron chi connectivity index (χ1n) is 9.01. The molecule has 32 heavy (non-hydrogen) atoms. The maximum Gasteiger partial charge on any atom is 0.247 e. The van der Waals surface area contributed by atoms with E-state index < -0.39 is 41.3 Å². The Morgan fingerprint density at radius 1 is 1.22 bits per heavy atom. The van der Waals surface area contributed by atoms with E-state index in [9.17, 15) is 23.1 Å². The molecule has 0 aliphatic rings. The number of nitrogens with one attached hydrogen (secondary N) is 2. The molecule has 0 unspecified atom stereocenters. The van der Waals surface area contributed by atoms with Crippen LogP contribution in [-0.4, -0.2) is 28.1 Å². The number of ether oxygens (including phenoxy) is 2. The van der Waals surface area contributed by atoms with Crippen LogP contribution >= 0.6 is 0 Å². The van der Waals surface area contributed by atoms with E-state index in [4.69, 9.17) is 9.47 Å². The lowest BCUT2D eigenvalue weighted by Gasteiger charge is -2.13. The van der Waals surface area contributed by atoms with Crippen molar-refractivity contribution in [1.82, 2.24) is 9.97 Å². The number of hydrogen-bond donors (Lipinski definition) is 3. The Hall–Kier alpha value is -4.28. The number of phenolic OH excluding ortho intramolecular Hbond substituents is 1. The number of anilines is 3. The van der Waals surface area contributed by atoms with E-state index in [2.05, 4.69) is 27.2 Å². The zero-order valence-electron chi connectivity index (χ0n) is 16.7. The second-order valence-electron chi connectivity index (χ2n) is 6.22. The molecule has 3 aromatic rings. The lowest BCUT2D eigenvalue weighted by molar-refractivity contribution is -0.111. The number of halogens is 3. The Morgan fingerprint density at radius 2 is 1.94 bits per heavy atom. The highest BCUT2D eigenvalue weighted by Gasteiger charge is 2.20. The summed E-state index contributed by atoms with van der Waals surface area (Å²) in [5.41, 5.74) is -0.479. The Labute approximate surface area is 180 Å². The van der Waals surface area contributed by atoms with Crippen LogP contribution in [0.25, 0.3) is 0 Å². The molecule has 0 aliphatic heterocycles. The summed E-state index contributed by atoms with van der Waals surface area (Å²) >= 11 is 0. The van der Waals surface area contributed by atoms with Gasteiger partial charge in [-0.3, -0.25) is 4.79 Å². The number of amides is 1. The minimum absolute atomic E-state index is 0.0343. The minimum atomic E-state index is -1.18. The quantitative estimate of drug-likeness (QED) is 0.448. The first kappa shape index (κ1) is 22.4. The van der Waals surface area contributed by atoms with Gasteiger partial charge >= 0.3 is 0 Å². The number of aromatic hydroxyl groups is 1. The molecule has 166 valence electrons. The largest absolute Gasteiger partial charge is 0.505 e. The van der Waals surface area contributed by atoms with Gasteiger partial charge in [0.25, 0.3) is 0 Å². The lowest BCUT2D eigenvalue weighted by Crippen LogP contribution is -2.10. The molecular weight excluding hydrogens is 429 g/mol. The van der Waals surface area contributed by atoms with E-state index in [1.165, 1.54) is 37.7 Å². The van der Waals surface area contributed by atoms with Gasteiger partial charge in [-0.15, -0.1) is 0 Å². The lowest BCUT2D eigenvalue weighted by atomic mass is 10.2. The highest BCUT2D eigenvalue weighted by Crippen LogP contribution is 2.31. The van der Waals surface area contributed by atoms with Gasteiger partial charge < -0.3 is 25.2 Å². The number of carbonyl (C=O) groups excluding carboxylic acids is 1. The second-order valence-corrected chi connectivity index (χ2v) is 6.22. The third-order valence-corrected chi connectivity index (χ3v) is 4.16. The molecular formula is C21H17F3N4O4. The minimum Gasteiger partial charge on any atom is -0.505 e. The normalized spacial score (nSPS) is 10.4. The number of nitrogens with zero attached hydrogens (tertiary/aromatic N) is 2. The fraction of sp³-hybridized carbons (Fsp3) is 0.0952. The molecule has 0 saturated carbocycles. The van der Waals surface area contributed by atoms with Crippen LogP contribution < -0.4 is 20.1 Å². The van der Waals surface area contributed by atoms with Crippen molar-refractivity contribution in [3.05, 3.63) is 72.3 Å². The second kappa shape index (κ2) is 9.69. The summed E-state index contributed by atoms with van der Waals surface area (Å²) in [5, 5.41) is 14.6. The van der Waals surface area contributed by atoms with Crippen molar-refractivity contribution in [3.63, 3.8) is 0 Å². The van der Waals surface area contributed by atoms with Gasteiger partial charge in [-0.2, -0.15) is 0 Å². The predicted octanol–water partition coefficient (Wildman–Crippen LogP) is 4.06. The van der Waals surface area contributed by atoms with Crippen LogP contribution in [0.5, 0.6) is 17.2 Å². The van der Waals surface area contributed by atoms with Gasteiger partial charge in [0, 0.05) is 6.07 Å². The molecule has 2 aromatic carbocycles. The molecule has 0 saturated heterocycles. The molecule has 1 aromatic heterocycles. The van der Waals surface area contributed by atoms with Gasteiger partial charge in [0.15, 0.2) is 28.9 Å². The van der Waals surface area contributed by atoms with Crippen LogP contribution in [-0.2, 0) is 11.4 Å². The van der Waals surface area contributed by atoms with E-state index in [-0.39, 0.29) is 28.8 Å². The molecule has 11 heteroatoms. The zero-order valence-corrected chi connectivity index (χ0v) is 16.7. The molecule has 0 bridgehead atoms. The summed E-state index contributed by atoms with van der Waals surface area (Å²) in [4.78, 5) is 19.4. The van der Waals surface area contributed by atoms with E-state index in [1.54, 1.807) is 0 Å². The zero-order chi connectivity index (χ0) is 23.3. The van der Waals surface area contributed by atoms with Crippen molar-refractivity contribution in [2.75, 3.05) is 17.7 Å². The van der Waals surface area contributed by atoms with E-state index in [1.807, 2.05) is 0 Å². The first-order chi connectivity index (χ1) is 15.3. The Bertz CT molecular complexity index is 1160. The third kappa shape index (κ3) is 4.89. The summed E-state index contributed by atoms with van der Waals surface area (Å²) in [6.07, 6.45) is 3.41. The van der Waals surface area contributed by atoms with Crippen LogP contribution in [0.2, 0.25) is 0 Å². The van der Waals surface area contributed by atoms with E-state index in [0.717, 1.165) is 12.1 Å². The summed E-state index contributed by atoms with van der Waals surface area (Å²) in [6.45, 7) is 2.75. The number of hydrogen-bond acceptors (Lipinski definition) is 7. The van der Waals surface area contributed by atoms with Gasteiger partial charge in [-0.25, -0.2) is 23.1 Å². The van der Waals surface area contributed by atoms with Crippen LogP contribution in [0.4, 0.5) is 30.5 Å². The fourth-order valence-electron chi connectivity index (χ4n) is 2.59. The highest BCUT2D eigenvalue weighted by molar-refractivity contribution is 6.01. The highest BCUT2D eigenvalue weighted by atomic mass is 19.1. The van der Waals surface area contributed by atoms with E-state index >= 15 is 0 Å². The number of para-hydroxylation sites is 1. The van der Waals surface area contributed by atoms with Gasteiger partial charge in [-0.1, -0.05) is 12.6 Å². The summed E-state index contributed by atoms with van der Waals surface area (Å²) in [6, 6.07) is 4.87. The van der Waals surface area contributed by atoms with Crippen LogP contribution in [0.3, 0.4) is 0 Å². The summed E-state index contributed by atoms with van der Waals surface area (Å²) in [5.74, 6) is -4.53. The molecule has 0 fully saturated rings. The van der Waals surface area contributed by atoms with Gasteiger partial charge in [-0.05, 0) is 18.2 Å². The van der Waals surface area contributed by atoms with Crippen LogP contribution in [0, 0.1) is 17.5 Å². The maximum absolute atomic E-state index is 14.2. The van der Waals surface area contributed by atoms with Crippen molar-refractivity contribution in [3.8, 4) is 17.2 Å². The average Bonchev–Trinajstić information content (AvgIpc) is 2.79. The summed E-state index contributed by atoms with van der Waals surface area (Å²) < 4.78 is 52.5. The van der Waals surface area contributed by atoms with E-state index in [0.29, 0.717) is 0 Å². The molecule has 8 nitrogen and oxygen atoms in total. The number of rotatable bonds is 8. The number of aromatic nitrogens is 2. The topological polar surface area (TPSA) is 106 Å².